The van der Waals surface area contributed by atoms with Crippen LogP contribution in [0.1, 0.15) is 73.6 Å². The van der Waals surface area contributed by atoms with Crippen LogP contribution in [-0.2, 0) is 24.0 Å². The van der Waals surface area contributed by atoms with Gasteiger partial charge in [-0.05, 0) is 50.0 Å². The summed E-state index contributed by atoms with van der Waals surface area (Å²) in [7, 11) is 0. The largest absolute Gasteiger partial charge is 0.480 e. The third-order valence-corrected chi connectivity index (χ3v) is 6.11. The van der Waals surface area contributed by atoms with Crippen LogP contribution in [0.5, 0.6) is 0 Å². The molecule has 12 nitrogen and oxygen atoms in total. The van der Waals surface area contributed by atoms with Gasteiger partial charge in [0.1, 0.15) is 18.1 Å². The number of nitrogens with two attached hydrogens (primary N) is 2. The molecule has 0 fully saturated rings. The molecular formula is C25H48N6O6. The summed E-state index contributed by atoms with van der Waals surface area (Å²) < 4.78 is 0. The minimum atomic E-state index is -1.17. The SMILES string of the molecule is CC[C@H](C)[C@H](NC(=O)[C@@H](N)CC(C)C)C(=O)NCC(=O)N[C@@H](CCCCN)C(=O)N[C@H](C(=O)O)C(C)C. The first-order chi connectivity index (χ1) is 17.2. The molecule has 0 rings (SSSR count). The van der Waals surface area contributed by atoms with E-state index in [2.05, 4.69) is 21.3 Å². The van der Waals surface area contributed by atoms with Gasteiger partial charge in [-0.1, -0.05) is 48.0 Å². The monoisotopic (exact) mass is 528 g/mol. The molecule has 0 aliphatic rings. The Morgan fingerprint density at radius 3 is 1.92 bits per heavy atom. The number of carboxylic acid groups (broad SMARTS) is 1. The van der Waals surface area contributed by atoms with Crippen molar-refractivity contribution in [2.45, 2.75) is 97.8 Å². The second-order valence-electron chi connectivity index (χ2n) is 10.3. The minimum absolute atomic E-state index is 0.210. The molecule has 0 saturated heterocycles. The van der Waals surface area contributed by atoms with E-state index in [4.69, 9.17) is 11.5 Å². The quantitative estimate of drug-likeness (QED) is 0.119. The van der Waals surface area contributed by atoms with Gasteiger partial charge in [0, 0.05) is 0 Å². The van der Waals surface area contributed by atoms with Crippen molar-refractivity contribution in [3.63, 3.8) is 0 Å². The van der Waals surface area contributed by atoms with Gasteiger partial charge in [-0.25, -0.2) is 4.79 Å². The molecule has 0 aliphatic heterocycles. The molecular weight excluding hydrogens is 480 g/mol. The first kappa shape index (κ1) is 34.3. The molecule has 37 heavy (non-hydrogen) atoms. The molecule has 0 spiro atoms. The summed E-state index contributed by atoms with van der Waals surface area (Å²) in [5, 5.41) is 19.6. The van der Waals surface area contributed by atoms with Crippen LogP contribution in [-0.4, -0.2) is 72.0 Å². The number of aliphatic carboxylic acids is 1. The zero-order chi connectivity index (χ0) is 28.7. The molecule has 0 saturated carbocycles. The maximum Gasteiger partial charge on any atom is 0.326 e. The normalized spacial score (nSPS) is 15.3. The van der Waals surface area contributed by atoms with Crippen molar-refractivity contribution >= 4 is 29.6 Å². The van der Waals surface area contributed by atoms with Crippen molar-refractivity contribution in [2.75, 3.05) is 13.1 Å². The maximum atomic E-state index is 12.8. The van der Waals surface area contributed by atoms with E-state index in [0.29, 0.717) is 32.2 Å². The number of hydrogen-bond donors (Lipinski definition) is 7. The van der Waals surface area contributed by atoms with Crippen LogP contribution in [0, 0.1) is 17.8 Å². The van der Waals surface area contributed by atoms with Crippen molar-refractivity contribution < 1.29 is 29.1 Å². The van der Waals surface area contributed by atoms with Gasteiger partial charge in [0.2, 0.25) is 23.6 Å². The van der Waals surface area contributed by atoms with Crippen LogP contribution in [0.4, 0.5) is 0 Å². The molecule has 5 atom stereocenters. The Morgan fingerprint density at radius 1 is 0.838 bits per heavy atom. The summed E-state index contributed by atoms with van der Waals surface area (Å²) in [6.45, 7) is 10.9. The van der Waals surface area contributed by atoms with Crippen molar-refractivity contribution in [1.29, 1.82) is 0 Å². The number of rotatable bonds is 18. The number of unbranched alkanes of at least 4 members (excludes halogenated alkanes) is 1. The third kappa shape index (κ3) is 13.4. The Morgan fingerprint density at radius 2 is 1.43 bits per heavy atom. The highest BCUT2D eigenvalue weighted by molar-refractivity contribution is 5.94. The van der Waals surface area contributed by atoms with E-state index in [1.807, 2.05) is 27.7 Å². The number of hydrogen-bond acceptors (Lipinski definition) is 7. The fraction of sp³-hybridized carbons (Fsp3) is 0.800. The number of carbonyl (C=O) groups excluding carboxylic acids is 4. The zero-order valence-electron chi connectivity index (χ0n) is 23.1. The Hall–Kier alpha value is -2.73. The van der Waals surface area contributed by atoms with Crippen molar-refractivity contribution in [1.82, 2.24) is 21.3 Å². The predicted octanol–water partition coefficient (Wildman–Crippen LogP) is -0.154. The second kappa shape index (κ2) is 17.7. The molecule has 0 heterocycles. The summed E-state index contributed by atoms with van der Waals surface area (Å²) in [6, 6.07) is -3.73. The Kier molecular flexibility index (Phi) is 16.4. The summed E-state index contributed by atoms with van der Waals surface area (Å²) in [5.41, 5.74) is 11.5. The molecule has 0 bridgehead atoms. The Balaban J connectivity index is 5.25. The highest BCUT2D eigenvalue weighted by Crippen LogP contribution is 2.10. The average Bonchev–Trinajstić information content (AvgIpc) is 2.81. The predicted molar refractivity (Wildman–Crippen MR) is 141 cm³/mol. The fourth-order valence-corrected chi connectivity index (χ4v) is 3.63. The van der Waals surface area contributed by atoms with Crippen LogP contribution >= 0.6 is 0 Å². The van der Waals surface area contributed by atoms with E-state index in [0.717, 1.165) is 0 Å². The highest BCUT2D eigenvalue weighted by atomic mass is 16.4. The van der Waals surface area contributed by atoms with Gasteiger partial charge in [-0.3, -0.25) is 19.2 Å². The molecule has 0 radical (unpaired) electrons. The van der Waals surface area contributed by atoms with Crippen molar-refractivity contribution in [2.24, 2.45) is 29.2 Å². The lowest BCUT2D eigenvalue weighted by Gasteiger charge is -2.26. The summed E-state index contributed by atoms with van der Waals surface area (Å²) >= 11 is 0. The summed E-state index contributed by atoms with van der Waals surface area (Å²) in [6.07, 6.45) is 2.49. The lowest BCUT2D eigenvalue weighted by Crippen LogP contribution is -2.56. The van der Waals surface area contributed by atoms with Crippen molar-refractivity contribution in [3.05, 3.63) is 0 Å². The topological polar surface area (TPSA) is 206 Å². The van der Waals surface area contributed by atoms with E-state index < -0.39 is 60.3 Å². The molecule has 0 aromatic rings. The minimum Gasteiger partial charge on any atom is -0.480 e. The Bertz CT molecular complexity index is 760. The number of amides is 4. The summed E-state index contributed by atoms with van der Waals surface area (Å²) in [5.74, 6) is -3.75. The van der Waals surface area contributed by atoms with E-state index in [9.17, 15) is 29.1 Å². The van der Waals surface area contributed by atoms with E-state index in [1.165, 1.54) is 0 Å². The number of carboxylic acids is 1. The van der Waals surface area contributed by atoms with E-state index in [1.54, 1.807) is 13.8 Å². The third-order valence-electron chi connectivity index (χ3n) is 6.11. The van der Waals surface area contributed by atoms with Gasteiger partial charge in [-0.2, -0.15) is 0 Å². The van der Waals surface area contributed by atoms with Gasteiger partial charge in [0.15, 0.2) is 0 Å². The van der Waals surface area contributed by atoms with Crippen LogP contribution in [0.3, 0.4) is 0 Å². The van der Waals surface area contributed by atoms with Gasteiger partial charge in [-0.15, -0.1) is 0 Å². The van der Waals surface area contributed by atoms with Gasteiger partial charge in [0.25, 0.3) is 0 Å². The standard InChI is InChI=1S/C25H48N6O6/c1-7-16(6)21(31-22(33)17(27)12-14(2)3)24(35)28-13-19(32)29-18(10-8-9-11-26)23(34)30-20(15(4)5)25(36)37/h14-18,20-21H,7-13,26-27H2,1-6H3,(H,28,35)(H,29,32)(H,30,34)(H,31,33)(H,36,37)/t16-,17-,18-,20-,21-/m0/s1. The van der Waals surface area contributed by atoms with Crippen LogP contribution in [0.25, 0.3) is 0 Å². The van der Waals surface area contributed by atoms with Gasteiger partial charge >= 0.3 is 5.97 Å². The van der Waals surface area contributed by atoms with Crippen LogP contribution in [0.2, 0.25) is 0 Å². The maximum absolute atomic E-state index is 12.8. The average molecular weight is 529 g/mol. The Labute approximate surface area is 220 Å². The first-order valence-corrected chi connectivity index (χ1v) is 13.1. The lowest BCUT2D eigenvalue weighted by molar-refractivity contribution is -0.143. The van der Waals surface area contributed by atoms with Gasteiger partial charge < -0.3 is 37.8 Å². The zero-order valence-corrected chi connectivity index (χ0v) is 23.1. The molecule has 0 unspecified atom stereocenters. The van der Waals surface area contributed by atoms with E-state index in [-0.39, 0.29) is 24.2 Å². The summed E-state index contributed by atoms with van der Waals surface area (Å²) in [4.78, 5) is 62.2. The molecule has 9 N–H and O–H groups in total. The lowest BCUT2D eigenvalue weighted by atomic mass is 9.97. The molecule has 0 aliphatic carbocycles. The van der Waals surface area contributed by atoms with Crippen molar-refractivity contribution in [3.8, 4) is 0 Å². The number of nitrogens with one attached hydrogen (secondary N) is 4. The molecule has 0 aromatic heterocycles. The number of carbonyl (C=O) groups is 5. The molecule has 0 aromatic carbocycles. The first-order valence-electron chi connectivity index (χ1n) is 13.1. The molecule has 12 heteroatoms. The second-order valence-corrected chi connectivity index (χ2v) is 10.3. The molecule has 4 amide bonds. The highest BCUT2D eigenvalue weighted by Gasteiger charge is 2.30. The smallest absolute Gasteiger partial charge is 0.326 e. The van der Waals surface area contributed by atoms with Crippen LogP contribution < -0.4 is 32.7 Å². The molecule has 214 valence electrons. The van der Waals surface area contributed by atoms with Gasteiger partial charge in [0.05, 0.1) is 12.6 Å². The van der Waals surface area contributed by atoms with Crippen LogP contribution in [0.15, 0.2) is 0 Å². The van der Waals surface area contributed by atoms with E-state index >= 15 is 0 Å². The fourth-order valence-electron chi connectivity index (χ4n) is 3.63.